The van der Waals surface area contributed by atoms with Gasteiger partial charge in [-0.3, -0.25) is 10.1 Å². The number of nitro groups is 1. The SMILES string of the molecule is Cc1nnc(Sc2cc(C(=O)O)c([N+](=O)[O-])cc2F)s1. The average molecular weight is 315 g/mol. The number of rotatable bonds is 4. The predicted octanol–water partition coefficient (Wildman–Crippen LogP) is 2.74. The van der Waals surface area contributed by atoms with Crippen molar-refractivity contribution in [3.8, 4) is 0 Å². The van der Waals surface area contributed by atoms with Gasteiger partial charge in [-0.25, -0.2) is 9.18 Å². The number of aryl methyl sites for hydroxylation is 1. The topological polar surface area (TPSA) is 106 Å². The first-order chi connectivity index (χ1) is 9.38. The number of carboxylic acids is 1. The van der Waals surface area contributed by atoms with Crippen LogP contribution >= 0.6 is 23.1 Å². The van der Waals surface area contributed by atoms with E-state index in [4.69, 9.17) is 5.11 Å². The second-order valence-electron chi connectivity index (χ2n) is 3.55. The molecular formula is C10H6FN3O4S2. The maximum atomic E-state index is 13.8. The number of benzene rings is 1. The number of aromatic nitrogens is 2. The molecule has 10 heteroatoms. The number of carboxylic acid groups (broad SMARTS) is 1. The van der Waals surface area contributed by atoms with Crippen molar-refractivity contribution in [1.29, 1.82) is 0 Å². The van der Waals surface area contributed by atoms with Crippen LogP contribution in [-0.4, -0.2) is 26.2 Å². The monoisotopic (exact) mass is 315 g/mol. The van der Waals surface area contributed by atoms with E-state index in [-0.39, 0.29) is 4.90 Å². The van der Waals surface area contributed by atoms with Gasteiger partial charge in [0.25, 0.3) is 5.69 Å². The Kier molecular flexibility index (Phi) is 3.95. The summed E-state index contributed by atoms with van der Waals surface area (Å²) in [5, 5.41) is 27.8. The molecule has 0 atom stereocenters. The Labute approximate surface area is 119 Å². The molecule has 7 nitrogen and oxygen atoms in total. The van der Waals surface area contributed by atoms with E-state index in [0.29, 0.717) is 15.4 Å². The van der Waals surface area contributed by atoms with Crippen molar-refractivity contribution >= 4 is 34.8 Å². The molecule has 0 unspecified atom stereocenters. The van der Waals surface area contributed by atoms with Crippen LogP contribution in [0.2, 0.25) is 0 Å². The average Bonchev–Trinajstić information content (AvgIpc) is 2.76. The van der Waals surface area contributed by atoms with Crippen molar-refractivity contribution in [2.24, 2.45) is 0 Å². The van der Waals surface area contributed by atoms with Crippen molar-refractivity contribution in [1.82, 2.24) is 10.2 Å². The van der Waals surface area contributed by atoms with Crippen LogP contribution in [0.5, 0.6) is 0 Å². The normalized spacial score (nSPS) is 10.5. The lowest BCUT2D eigenvalue weighted by Crippen LogP contribution is -2.04. The lowest BCUT2D eigenvalue weighted by Gasteiger charge is -2.03. The summed E-state index contributed by atoms with van der Waals surface area (Å²) < 4.78 is 14.2. The van der Waals surface area contributed by atoms with Gasteiger partial charge in [0.1, 0.15) is 16.4 Å². The van der Waals surface area contributed by atoms with Crippen molar-refractivity contribution < 1.29 is 19.2 Å². The fourth-order valence-electron chi connectivity index (χ4n) is 1.36. The molecule has 0 radical (unpaired) electrons. The van der Waals surface area contributed by atoms with Crippen LogP contribution in [0, 0.1) is 22.9 Å². The Bertz CT molecular complexity index is 704. The lowest BCUT2D eigenvalue weighted by atomic mass is 10.2. The fraction of sp³-hybridized carbons (Fsp3) is 0.100. The van der Waals surface area contributed by atoms with Crippen LogP contribution in [0.4, 0.5) is 10.1 Å². The van der Waals surface area contributed by atoms with Gasteiger partial charge in [-0.1, -0.05) is 23.1 Å². The van der Waals surface area contributed by atoms with E-state index in [1.54, 1.807) is 6.92 Å². The molecule has 2 aromatic rings. The van der Waals surface area contributed by atoms with E-state index in [2.05, 4.69) is 10.2 Å². The molecule has 1 aromatic carbocycles. The molecule has 0 saturated carbocycles. The van der Waals surface area contributed by atoms with Crippen molar-refractivity contribution in [3.05, 3.63) is 38.6 Å². The molecule has 1 heterocycles. The highest BCUT2D eigenvalue weighted by molar-refractivity contribution is 8.01. The molecule has 0 aliphatic heterocycles. The third kappa shape index (κ3) is 2.91. The summed E-state index contributed by atoms with van der Waals surface area (Å²) in [5.41, 5.74) is -1.35. The number of hydrogen-bond donors (Lipinski definition) is 1. The second kappa shape index (κ2) is 5.51. The molecular weight excluding hydrogens is 309 g/mol. The minimum atomic E-state index is -1.49. The summed E-state index contributed by atoms with van der Waals surface area (Å²) in [6.07, 6.45) is 0. The molecule has 1 aromatic heterocycles. The second-order valence-corrected chi connectivity index (χ2v) is 6.02. The van der Waals surface area contributed by atoms with Gasteiger partial charge in [-0.2, -0.15) is 0 Å². The molecule has 0 aliphatic carbocycles. The van der Waals surface area contributed by atoms with Crippen LogP contribution in [0.15, 0.2) is 21.4 Å². The smallest absolute Gasteiger partial charge is 0.342 e. The van der Waals surface area contributed by atoms with Gasteiger partial charge in [0.2, 0.25) is 0 Å². The summed E-state index contributed by atoms with van der Waals surface area (Å²) >= 11 is 2.08. The van der Waals surface area contributed by atoms with Gasteiger partial charge in [-0.05, 0) is 13.0 Å². The lowest BCUT2D eigenvalue weighted by molar-refractivity contribution is -0.385. The molecule has 2 rings (SSSR count). The molecule has 104 valence electrons. The third-order valence-electron chi connectivity index (χ3n) is 2.18. The molecule has 1 N–H and O–H groups in total. The van der Waals surface area contributed by atoms with E-state index < -0.39 is 28.0 Å². The molecule has 0 bridgehead atoms. The first-order valence-corrected chi connectivity index (χ1v) is 6.71. The number of aromatic carboxylic acids is 1. The summed E-state index contributed by atoms with van der Waals surface area (Å²) in [6.45, 7) is 1.72. The van der Waals surface area contributed by atoms with Crippen molar-refractivity contribution in [2.45, 2.75) is 16.2 Å². The van der Waals surface area contributed by atoms with E-state index in [1.165, 1.54) is 11.3 Å². The zero-order valence-corrected chi connectivity index (χ0v) is 11.5. The Morgan fingerprint density at radius 1 is 1.50 bits per heavy atom. The largest absolute Gasteiger partial charge is 0.477 e. The van der Waals surface area contributed by atoms with Gasteiger partial charge in [0.15, 0.2) is 4.34 Å². The Hall–Kier alpha value is -2.07. The van der Waals surface area contributed by atoms with Crippen molar-refractivity contribution in [2.75, 3.05) is 0 Å². The van der Waals surface area contributed by atoms with Gasteiger partial charge >= 0.3 is 5.97 Å². The van der Waals surface area contributed by atoms with Gasteiger partial charge in [0, 0.05) is 0 Å². The van der Waals surface area contributed by atoms with Gasteiger partial charge < -0.3 is 5.11 Å². The quantitative estimate of drug-likeness (QED) is 0.683. The van der Waals surface area contributed by atoms with E-state index in [0.717, 1.165) is 17.8 Å². The predicted molar refractivity (Wildman–Crippen MR) is 68.8 cm³/mol. The van der Waals surface area contributed by atoms with Crippen LogP contribution in [0.1, 0.15) is 15.4 Å². The zero-order chi connectivity index (χ0) is 14.9. The van der Waals surface area contributed by atoms with Crippen LogP contribution in [-0.2, 0) is 0 Å². The van der Waals surface area contributed by atoms with Crippen LogP contribution < -0.4 is 0 Å². The number of hydrogen-bond acceptors (Lipinski definition) is 7. The standard InChI is InChI=1S/C10H6FN3O4S2/c1-4-12-13-10(19-4)20-8-2-5(9(15)16)7(14(17)18)3-6(8)11/h2-3H,1H3,(H,15,16). The number of carbonyl (C=O) groups is 1. The third-order valence-corrected chi connectivity index (χ3v) is 4.10. The number of nitro benzene ring substituents is 1. The van der Waals surface area contributed by atoms with Crippen molar-refractivity contribution in [3.63, 3.8) is 0 Å². The fourth-order valence-corrected chi connectivity index (χ4v) is 3.17. The first kappa shape index (κ1) is 14.3. The highest BCUT2D eigenvalue weighted by atomic mass is 32.2. The summed E-state index contributed by atoms with van der Waals surface area (Å²) in [6, 6.07) is 1.52. The molecule has 0 aliphatic rings. The molecule has 0 spiro atoms. The summed E-state index contributed by atoms with van der Waals surface area (Å²) in [5.74, 6) is -2.37. The van der Waals surface area contributed by atoms with E-state index >= 15 is 0 Å². The maximum absolute atomic E-state index is 13.8. The Balaban J connectivity index is 2.46. The first-order valence-electron chi connectivity index (χ1n) is 5.07. The number of nitrogens with zero attached hydrogens (tertiary/aromatic N) is 3. The minimum Gasteiger partial charge on any atom is -0.477 e. The van der Waals surface area contributed by atoms with E-state index in [1.807, 2.05) is 0 Å². The van der Waals surface area contributed by atoms with Crippen LogP contribution in [0.3, 0.4) is 0 Å². The van der Waals surface area contributed by atoms with Gasteiger partial charge in [-0.15, -0.1) is 10.2 Å². The van der Waals surface area contributed by atoms with Crippen LogP contribution in [0.25, 0.3) is 0 Å². The molecule has 0 amide bonds. The molecule has 0 saturated heterocycles. The molecule has 0 fully saturated rings. The summed E-state index contributed by atoms with van der Waals surface area (Å²) in [4.78, 5) is 20.7. The summed E-state index contributed by atoms with van der Waals surface area (Å²) in [7, 11) is 0. The number of halogens is 1. The zero-order valence-electron chi connectivity index (χ0n) is 9.86. The Morgan fingerprint density at radius 3 is 2.70 bits per heavy atom. The highest BCUT2D eigenvalue weighted by Crippen LogP contribution is 2.35. The maximum Gasteiger partial charge on any atom is 0.342 e. The molecule has 20 heavy (non-hydrogen) atoms. The van der Waals surface area contributed by atoms with Gasteiger partial charge in [0.05, 0.1) is 15.9 Å². The minimum absolute atomic E-state index is 0.0517. The highest BCUT2D eigenvalue weighted by Gasteiger charge is 2.24. The van der Waals surface area contributed by atoms with E-state index in [9.17, 15) is 19.3 Å². The Morgan fingerprint density at radius 2 is 2.20 bits per heavy atom.